The van der Waals surface area contributed by atoms with E-state index in [1.54, 1.807) is 6.08 Å². The Morgan fingerprint density at radius 2 is 2.08 bits per heavy atom. The van der Waals surface area contributed by atoms with Crippen LogP contribution in [-0.4, -0.2) is 5.24 Å². The summed E-state index contributed by atoms with van der Waals surface area (Å²) >= 11 is 5.38. The van der Waals surface area contributed by atoms with E-state index in [2.05, 4.69) is 6.58 Å². The number of carbonyl (C=O) groups is 1. The van der Waals surface area contributed by atoms with Crippen LogP contribution in [0.25, 0.3) is 0 Å². The average molecular weight is 195 g/mol. The van der Waals surface area contributed by atoms with Crippen LogP contribution in [0.5, 0.6) is 0 Å². The Labute approximate surface area is 83.0 Å². The molecule has 2 heteroatoms. The molecule has 0 saturated carbocycles. The zero-order valence-corrected chi connectivity index (χ0v) is 8.00. The van der Waals surface area contributed by atoms with Gasteiger partial charge in [-0.25, -0.2) is 0 Å². The Morgan fingerprint density at radius 1 is 1.46 bits per heavy atom. The van der Waals surface area contributed by atoms with Crippen molar-refractivity contribution in [1.82, 2.24) is 0 Å². The Bertz CT molecular complexity index is 292. The smallest absolute Gasteiger partial charge is 0.228 e. The molecule has 0 aromatic heterocycles. The van der Waals surface area contributed by atoms with Crippen molar-refractivity contribution in [3.63, 3.8) is 0 Å². The molecule has 1 rings (SSSR count). The summed E-state index contributed by atoms with van der Waals surface area (Å²) in [5.41, 5.74) is 1.10. The molecule has 0 radical (unpaired) electrons. The fraction of sp³-hybridized carbons (Fsp3) is 0.182. The first-order valence-corrected chi connectivity index (χ1v) is 4.47. The molecular formula is C11H11ClO. The lowest BCUT2D eigenvalue weighted by Gasteiger charge is -2.06. The molecule has 13 heavy (non-hydrogen) atoms. The summed E-state index contributed by atoms with van der Waals surface area (Å²) in [4.78, 5) is 10.9. The lowest BCUT2D eigenvalue weighted by Crippen LogP contribution is -2.08. The standard InChI is InChI=1S/C11H11ClO/c1-2-10(11(12)13)8-9-6-4-3-5-7-9/h2-7,10H,1,8H2/t10-/m1/s1. The normalized spacial score (nSPS) is 12.1. The fourth-order valence-corrected chi connectivity index (χ4v) is 1.29. The first kappa shape index (κ1) is 10.0. The van der Waals surface area contributed by atoms with E-state index in [0.717, 1.165) is 5.56 Å². The molecule has 1 aromatic carbocycles. The molecule has 0 unspecified atom stereocenters. The minimum atomic E-state index is -0.348. The molecule has 0 heterocycles. The first-order chi connectivity index (χ1) is 6.24. The van der Waals surface area contributed by atoms with E-state index < -0.39 is 0 Å². The molecule has 0 amide bonds. The predicted octanol–water partition coefficient (Wildman–Crippen LogP) is 2.80. The van der Waals surface area contributed by atoms with Crippen LogP contribution < -0.4 is 0 Å². The molecule has 1 aromatic rings. The third kappa shape index (κ3) is 3.03. The van der Waals surface area contributed by atoms with Gasteiger partial charge in [-0.1, -0.05) is 36.4 Å². The van der Waals surface area contributed by atoms with Gasteiger partial charge < -0.3 is 0 Å². The van der Waals surface area contributed by atoms with Crippen molar-refractivity contribution in [3.8, 4) is 0 Å². The highest BCUT2D eigenvalue weighted by Gasteiger charge is 2.11. The second kappa shape index (κ2) is 4.83. The summed E-state index contributed by atoms with van der Waals surface area (Å²) in [5.74, 6) is -0.274. The predicted molar refractivity (Wildman–Crippen MR) is 54.7 cm³/mol. The van der Waals surface area contributed by atoms with E-state index in [9.17, 15) is 4.79 Å². The minimum Gasteiger partial charge on any atom is -0.281 e. The highest BCUT2D eigenvalue weighted by molar-refractivity contribution is 6.64. The van der Waals surface area contributed by atoms with Gasteiger partial charge in [0, 0.05) is 0 Å². The van der Waals surface area contributed by atoms with Crippen LogP contribution in [0.2, 0.25) is 0 Å². The van der Waals surface area contributed by atoms with E-state index in [1.165, 1.54) is 0 Å². The summed E-state index contributed by atoms with van der Waals surface area (Å²) in [6, 6.07) is 9.75. The van der Waals surface area contributed by atoms with Gasteiger partial charge in [0.2, 0.25) is 5.24 Å². The first-order valence-electron chi connectivity index (χ1n) is 4.10. The van der Waals surface area contributed by atoms with Gasteiger partial charge in [-0.2, -0.15) is 0 Å². The van der Waals surface area contributed by atoms with E-state index in [-0.39, 0.29) is 11.2 Å². The maximum Gasteiger partial charge on any atom is 0.228 e. The molecule has 0 saturated heterocycles. The second-order valence-electron chi connectivity index (χ2n) is 2.84. The zero-order chi connectivity index (χ0) is 9.68. The summed E-state index contributed by atoms with van der Waals surface area (Å²) in [7, 11) is 0. The molecule has 0 spiro atoms. The van der Waals surface area contributed by atoms with Crippen LogP contribution in [0.4, 0.5) is 0 Å². The number of allylic oxidation sites excluding steroid dienone is 1. The quantitative estimate of drug-likeness (QED) is 0.532. The molecule has 0 fully saturated rings. The van der Waals surface area contributed by atoms with Crippen molar-refractivity contribution < 1.29 is 4.79 Å². The third-order valence-electron chi connectivity index (χ3n) is 1.87. The molecular weight excluding hydrogens is 184 g/mol. The largest absolute Gasteiger partial charge is 0.281 e. The van der Waals surface area contributed by atoms with Crippen molar-refractivity contribution >= 4 is 16.8 Å². The molecule has 0 N–H and O–H groups in total. The van der Waals surface area contributed by atoms with Gasteiger partial charge in [0.05, 0.1) is 5.92 Å². The van der Waals surface area contributed by atoms with Crippen molar-refractivity contribution in [2.45, 2.75) is 6.42 Å². The summed E-state index contributed by atoms with van der Waals surface area (Å²) in [5, 5.41) is -0.348. The van der Waals surface area contributed by atoms with Gasteiger partial charge in [0.1, 0.15) is 0 Å². The van der Waals surface area contributed by atoms with Crippen LogP contribution >= 0.6 is 11.6 Å². The Balaban J connectivity index is 2.67. The van der Waals surface area contributed by atoms with Crippen LogP contribution in [0, 0.1) is 5.92 Å². The summed E-state index contributed by atoms with van der Waals surface area (Å²) in [6.45, 7) is 3.57. The fourth-order valence-electron chi connectivity index (χ4n) is 1.12. The van der Waals surface area contributed by atoms with E-state index in [4.69, 9.17) is 11.6 Å². The van der Waals surface area contributed by atoms with E-state index >= 15 is 0 Å². The van der Waals surface area contributed by atoms with E-state index in [0.29, 0.717) is 6.42 Å². The molecule has 1 atom stereocenters. The van der Waals surface area contributed by atoms with Gasteiger partial charge in [0.25, 0.3) is 0 Å². The second-order valence-corrected chi connectivity index (χ2v) is 3.21. The Morgan fingerprint density at radius 3 is 2.54 bits per heavy atom. The van der Waals surface area contributed by atoms with Crippen molar-refractivity contribution in [1.29, 1.82) is 0 Å². The van der Waals surface area contributed by atoms with Crippen LogP contribution in [0.3, 0.4) is 0 Å². The van der Waals surface area contributed by atoms with Crippen molar-refractivity contribution in [3.05, 3.63) is 48.6 Å². The molecule has 0 aliphatic rings. The molecule has 0 aliphatic carbocycles. The summed E-state index contributed by atoms with van der Waals surface area (Å²) in [6.07, 6.45) is 2.22. The van der Waals surface area contributed by atoms with Gasteiger partial charge in [-0.05, 0) is 23.6 Å². The van der Waals surface area contributed by atoms with Crippen LogP contribution in [-0.2, 0) is 11.2 Å². The maximum absolute atomic E-state index is 10.9. The van der Waals surface area contributed by atoms with Crippen LogP contribution in [0.15, 0.2) is 43.0 Å². The number of hydrogen-bond donors (Lipinski definition) is 0. The van der Waals surface area contributed by atoms with E-state index in [1.807, 2.05) is 30.3 Å². The number of rotatable bonds is 4. The SMILES string of the molecule is C=C[C@H](Cc1ccccc1)C(=O)Cl. The molecule has 68 valence electrons. The zero-order valence-electron chi connectivity index (χ0n) is 7.24. The number of benzene rings is 1. The molecule has 1 nitrogen and oxygen atoms in total. The lowest BCUT2D eigenvalue weighted by molar-refractivity contribution is -0.113. The van der Waals surface area contributed by atoms with Gasteiger partial charge in [-0.15, -0.1) is 6.58 Å². The highest BCUT2D eigenvalue weighted by atomic mass is 35.5. The van der Waals surface area contributed by atoms with Gasteiger partial charge in [0.15, 0.2) is 0 Å². The molecule has 0 aliphatic heterocycles. The summed E-state index contributed by atoms with van der Waals surface area (Å²) < 4.78 is 0. The number of carbonyl (C=O) groups excluding carboxylic acids is 1. The number of hydrogen-bond acceptors (Lipinski definition) is 1. The van der Waals surface area contributed by atoms with Crippen molar-refractivity contribution in [2.75, 3.05) is 0 Å². The van der Waals surface area contributed by atoms with Crippen molar-refractivity contribution in [2.24, 2.45) is 5.92 Å². The monoisotopic (exact) mass is 194 g/mol. The van der Waals surface area contributed by atoms with Gasteiger partial charge in [-0.3, -0.25) is 4.79 Å². The topological polar surface area (TPSA) is 17.1 Å². The van der Waals surface area contributed by atoms with Crippen LogP contribution in [0.1, 0.15) is 5.56 Å². The lowest BCUT2D eigenvalue weighted by atomic mass is 10.0. The average Bonchev–Trinajstić information content (AvgIpc) is 2.15. The number of halogens is 1. The maximum atomic E-state index is 10.9. The Kier molecular flexibility index (Phi) is 3.71. The molecule has 0 bridgehead atoms. The third-order valence-corrected chi connectivity index (χ3v) is 2.15. The highest BCUT2D eigenvalue weighted by Crippen LogP contribution is 2.12. The minimum absolute atomic E-state index is 0.274. The Hall–Kier alpha value is -1.08. The van der Waals surface area contributed by atoms with Gasteiger partial charge >= 0.3 is 0 Å².